The van der Waals surface area contributed by atoms with E-state index in [1.165, 1.54) is 6.92 Å². The number of amides is 6. The second-order valence-corrected chi connectivity index (χ2v) is 10.3. The first-order valence-electron chi connectivity index (χ1n) is 13.4. The van der Waals surface area contributed by atoms with Gasteiger partial charge in [-0.05, 0) is 55.2 Å². The number of nitrogens with one attached hydrogen (secondary N) is 4. The Kier molecular flexibility index (Phi) is 12.5. The van der Waals surface area contributed by atoms with Crippen LogP contribution in [0.2, 0.25) is 0 Å². The summed E-state index contributed by atoms with van der Waals surface area (Å²) in [6.07, 6.45) is 2.22. The molecule has 1 aliphatic rings. The maximum atomic E-state index is 13.1. The summed E-state index contributed by atoms with van der Waals surface area (Å²) in [7, 11) is 0. The van der Waals surface area contributed by atoms with Gasteiger partial charge in [0.05, 0.1) is 0 Å². The molecule has 1 saturated heterocycles. The van der Waals surface area contributed by atoms with Crippen LogP contribution in [0.4, 0.5) is 15.3 Å². The van der Waals surface area contributed by atoms with Crippen molar-refractivity contribution >= 4 is 35.5 Å². The van der Waals surface area contributed by atoms with Gasteiger partial charge >= 0.3 is 12.1 Å². The minimum absolute atomic E-state index is 0.115. The summed E-state index contributed by atoms with van der Waals surface area (Å²) >= 11 is 0. The van der Waals surface area contributed by atoms with Gasteiger partial charge < -0.3 is 36.6 Å². The van der Waals surface area contributed by atoms with Crippen molar-refractivity contribution in [3.8, 4) is 0 Å². The summed E-state index contributed by atoms with van der Waals surface area (Å²) in [5, 5.41) is 10.6. The summed E-state index contributed by atoms with van der Waals surface area (Å²) in [5.41, 5.74) is 6.36. The molecule has 6 amide bonds. The lowest BCUT2D eigenvalue weighted by atomic mass is 10.00. The molecule has 0 bridgehead atoms. The molecule has 1 fully saturated rings. The Hall–Kier alpha value is -3.83. The first-order chi connectivity index (χ1) is 18.5. The zero-order valence-corrected chi connectivity index (χ0v) is 23.2. The van der Waals surface area contributed by atoms with Crippen molar-refractivity contribution in [3.05, 3.63) is 29.8 Å². The van der Waals surface area contributed by atoms with Crippen molar-refractivity contribution in [1.29, 1.82) is 0 Å². The number of carbonyl (C=O) groups excluding carboxylic acids is 5. The summed E-state index contributed by atoms with van der Waals surface area (Å²) < 4.78 is 5.43. The predicted octanol–water partition coefficient (Wildman–Crippen LogP) is 2.09. The van der Waals surface area contributed by atoms with Gasteiger partial charge in [0.15, 0.2) is 0 Å². The van der Waals surface area contributed by atoms with Crippen LogP contribution in [0.25, 0.3) is 0 Å². The number of nitrogens with zero attached hydrogens (tertiary/aromatic N) is 1. The van der Waals surface area contributed by atoms with E-state index in [4.69, 9.17) is 10.5 Å². The molecule has 1 aliphatic heterocycles. The van der Waals surface area contributed by atoms with Crippen LogP contribution in [0.1, 0.15) is 58.9 Å². The van der Waals surface area contributed by atoms with Crippen LogP contribution in [-0.4, -0.2) is 66.5 Å². The first kappa shape index (κ1) is 31.4. The normalized spacial score (nSPS) is 15.2. The first-order valence-corrected chi connectivity index (χ1v) is 13.4. The summed E-state index contributed by atoms with van der Waals surface area (Å²) in [6.45, 7) is 8.82. The van der Waals surface area contributed by atoms with Gasteiger partial charge in [-0.2, -0.15) is 0 Å². The highest BCUT2D eigenvalue weighted by Crippen LogP contribution is 2.18. The minimum Gasteiger partial charge on any atom is -0.445 e. The summed E-state index contributed by atoms with van der Waals surface area (Å²) in [5.74, 6) is -0.874. The highest BCUT2D eigenvalue weighted by atomic mass is 16.6. The average Bonchev–Trinajstić information content (AvgIpc) is 2.88. The number of anilines is 1. The second-order valence-electron chi connectivity index (χ2n) is 10.3. The lowest BCUT2D eigenvalue weighted by molar-refractivity contribution is -0.131. The fourth-order valence-corrected chi connectivity index (χ4v) is 4.14. The van der Waals surface area contributed by atoms with Gasteiger partial charge in [-0.25, -0.2) is 9.59 Å². The Labute approximate surface area is 229 Å². The molecule has 216 valence electrons. The van der Waals surface area contributed by atoms with E-state index < -0.39 is 29.9 Å². The van der Waals surface area contributed by atoms with Crippen LogP contribution < -0.4 is 27.0 Å². The molecule has 1 heterocycles. The van der Waals surface area contributed by atoms with Crippen molar-refractivity contribution in [3.63, 3.8) is 0 Å². The molecule has 0 aliphatic carbocycles. The van der Waals surface area contributed by atoms with Crippen LogP contribution in [0.3, 0.4) is 0 Å². The monoisotopic (exact) mass is 546 g/mol. The molecule has 12 nitrogen and oxygen atoms in total. The number of hydrogen-bond donors (Lipinski definition) is 5. The van der Waals surface area contributed by atoms with E-state index >= 15 is 0 Å². The van der Waals surface area contributed by atoms with Crippen molar-refractivity contribution in [2.24, 2.45) is 17.6 Å². The number of hydrogen-bond acceptors (Lipinski definition) is 6. The quantitative estimate of drug-likeness (QED) is 0.251. The van der Waals surface area contributed by atoms with E-state index in [0.717, 1.165) is 18.4 Å². The molecule has 1 aromatic carbocycles. The molecule has 0 radical (unpaired) electrons. The Morgan fingerprint density at radius 1 is 1.03 bits per heavy atom. The molecule has 12 heteroatoms. The number of rotatable bonds is 12. The standard InChI is InChI=1S/C27H42N6O6/c1-17(2)23(30-19(4)34)25(36)32-22(6-5-13-29-26(28)37)24(35)31-21-9-7-20(8-10-21)16-39-27(38)33-14-11-18(3)12-15-33/h7-10,17-18,22-23H,5-6,11-16H2,1-4H3,(H,30,34)(H,31,35)(H,32,36)(H3,28,29,37). The lowest BCUT2D eigenvalue weighted by Crippen LogP contribution is -2.54. The number of urea groups is 1. The van der Waals surface area contributed by atoms with Crippen LogP contribution >= 0.6 is 0 Å². The number of ether oxygens (including phenoxy) is 1. The Morgan fingerprint density at radius 3 is 2.23 bits per heavy atom. The number of primary amides is 1. The molecule has 2 unspecified atom stereocenters. The highest BCUT2D eigenvalue weighted by molar-refractivity contribution is 5.98. The molecular weight excluding hydrogens is 504 g/mol. The van der Waals surface area contributed by atoms with Crippen LogP contribution in [0.5, 0.6) is 0 Å². The van der Waals surface area contributed by atoms with E-state index in [9.17, 15) is 24.0 Å². The zero-order valence-electron chi connectivity index (χ0n) is 23.2. The fraction of sp³-hybridized carbons (Fsp3) is 0.593. The molecular formula is C27H42N6O6. The lowest BCUT2D eigenvalue weighted by Gasteiger charge is -2.29. The maximum absolute atomic E-state index is 13.1. The topological polar surface area (TPSA) is 172 Å². The van der Waals surface area contributed by atoms with Crippen molar-refractivity contribution in [1.82, 2.24) is 20.9 Å². The SMILES string of the molecule is CC(=O)NC(C(=O)NC(CCCNC(N)=O)C(=O)Nc1ccc(COC(=O)N2CCC(C)CC2)cc1)C(C)C. The molecule has 0 saturated carbocycles. The molecule has 2 rings (SSSR count). The number of nitrogens with two attached hydrogens (primary N) is 1. The third-order valence-electron chi connectivity index (χ3n) is 6.54. The smallest absolute Gasteiger partial charge is 0.410 e. The second kappa shape index (κ2) is 15.6. The maximum Gasteiger partial charge on any atom is 0.410 e. The van der Waals surface area contributed by atoms with Crippen LogP contribution in [-0.2, 0) is 25.7 Å². The van der Waals surface area contributed by atoms with Gasteiger partial charge in [-0.3, -0.25) is 14.4 Å². The largest absolute Gasteiger partial charge is 0.445 e. The third-order valence-corrected chi connectivity index (χ3v) is 6.54. The third kappa shape index (κ3) is 11.2. The number of carbonyl (C=O) groups is 5. The Morgan fingerprint density at radius 2 is 1.67 bits per heavy atom. The van der Waals surface area contributed by atoms with Gasteiger partial charge in [-0.1, -0.05) is 32.9 Å². The van der Waals surface area contributed by atoms with Crippen molar-refractivity contribution in [2.75, 3.05) is 25.0 Å². The number of piperidine rings is 1. The summed E-state index contributed by atoms with van der Waals surface area (Å²) in [4.78, 5) is 62.5. The fourth-order valence-electron chi connectivity index (χ4n) is 4.14. The average molecular weight is 547 g/mol. The predicted molar refractivity (Wildman–Crippen MR) is 146 cm³/mol. The molecule has 39 heavy (non-hydrogen) atoms. The van der Waals surface area contributed by atoms with Gasteiger partial charge in [0.25, 0.3) is 0 Å². The van der Waals surface area contributed by atoms with Gasteiger partial charge in [0.2, 0.25) is 17.7 Å². The van der Waals surface area contributed by atoms with Crippen molar-refractivity contribution in [2.45, 2.75) is 72.1 Å². The van der Waals surface area contributed by atoms with E-state index in [2.05, 4.69) is 28.2 Å². The molecule has 2 atom stereocenters. The van der Waals surface area contributed by atoms with Gasteiger partial charge in [0.1, 0.15) is 18.7 Å². The molecule has 0 aromatic heterocycles. The highest BCUT2D eigenvalue weighted by Gasteiger charge is 2.28. The Bertz CT molecular complexity index is 991. The van der Waals surface area contributed by atoms with Crippen LogP contribution in [0, 0.1) is 11.8 Å². The van der Waals surface area contributed by atoms with Gasteiger partial charge in [0, 0.05) is 32.2 Å². The molecule has 0 spiro atoms. The van der Waals surface area contributed by atoms with Gasteiger partial charge in [-0.15, -0.1) is 0 Å². The Balaban J connectivity index is 1.97. The van der Waals surface area contributed by atoms with E-state index in [0.29, 0.717) is 31.1 Å². The van der Waals surface area contributed by atoms with E-state index in [1.54, 1.807) is 43.0 Å². The summed E-state index contributed by atoms with van der Waals surface area (Å²) in [6, 6.07) is 4.46. The minimum atomic E-state index is -0.921. The number of benzene rings is 1. The molecule has 1 aromatic rings. The molecule has 6 N–H and O–H groups in total. The van der Waals surface area contributed by atoms with E-state index in [-0.39, 0.29) is 37.5 Å². The van der Waals surface area contributed by atoms with Crippen molar-refractivity contribution < 1.29 is 28.7 Å². The number of likely N-dealkylation sites (tertiary alicyclic amines) is 1. The van der Waals surface area contributed by atoms with E-state index in [1.807, 2.05) is 0 Å². The van der Waals surface area contributed by atoms with Crippen LogP contribution in [0.15, 0.2) is 24.3 Å². The zero-order chi connectivity index (χ0) is 28.9.